The first kappa shape index (κ1) is 16.4. The Kier molecular flexibility index (Phi) is 5.36. The Morgan fingerprint density at radius 1 is 1.08 bits per heavy atom. The zero-order valence-electron chi connectivity index (χ0n) is 14.0. The van der Waals surface area contributed by atoms with Crippen LogP contribution in [0.1, 0.15) is 36.8 Å². The van der Waals surface area contributed by atoms with Gasteiger partial charge in [0.1, 0.15) is 13.2 Å². The molecule has 0 saturated heterocycles. The van der Waals surface area contributed by atoms with Crippen LogP contribution >= 0.6 is 0 Å². The smallest absolute Gasteiger partial charge is 0.227 e. The van der Waals surface area contributed by atoms with E-state index in [-0.39, 0.29) is 11.8 Å². The van der Waals surface area contributed by atoms with Crippen molar-refractivity contribution in [3.63, 3.8) is 0 Å². The lowest BCUT2D eigenvalue weighted by atomic mass is 9.93. The normalized spacial score (nSPS) is 14.0. The number of rotatable bonds is 6. The molecule has 1 N–H and O–H groups in total. The van der Waals surface area contributed by atoms with Gasteiger partial charge in [0.05, 0.1) is 5.92 Å². The van der Waals surface area contributed by atoms with E-state index in [4.69, 9.17) is 9.47 Å². The lowest BCUT2D eigenvalue weighted by Gasteiger charge is -2.22. The summed E-state index contributed by atoms with van der Waals surface area (Å²) in [4.78, 5) is 12.7. The first-order valence-electron chi connectivity index (χ1n) is 8.49. The van der Waals surface area contributed by atoms with Crippen LogP contribution in [-0.2, 0) is 11.3 Å². The van der Waals surface area contributed by atoms with Crippen LogP contribution in [0.15, 0.2) is 48.5 Å². The van der Waals surface area contributed by atoms with Gasteiger partial charge in [-0.05, 0) is 18.1 Å². The van der Waals surface area contributed by atoms with Gasteiger partial charge in [-0.3, -0.25) is 4.79 Å². The minimum absolute atomic E-state index is 0.0531. The lowest BCUT2D eigenvalue weighted by molar-refractivity contribution is -0.122. The fourth-order valence-electron chi connectivity index (χ4n) is 3.00. The minimum atomic E-state index is -0.118. The van der Waals surface area contributed by atoms with E-state index in [9.17, 15) is 4.79 Å². The van der Waals surface area contributed by atoms with Crippen molar-refractivity contribution in [2.24, 2.45) is 0 Å². The lowest BCUT2D eigenvalue weighted by Crippen LogP contribution is -2.29. The number of hydrogen-bond donors (Lipinski definition) is 1. The quantitative estimate of drug-likeness (QED) is 0.882. The van der Waals surface area contributed by atoms with Gasteiger partial charge >= 0.3 is 0 Å². The molecular weight excluding hydrogens is 302 g/mol. The molecular formula is C20H23NO3. The van der Waals surface area contributed by atoms with E-state index in [1.54, 1.807) is 0 Å². The highest BCUT2D eigenvalue weighted by Crippen LogP contribution is 2.33. The Morgan fingerprint density at radius 3 is 2.67 bits per heavy atom. The van der Waals surface area contributed by atoms with Crippen molar-refractivity contribution in [3.05, 3.63) is 59.7 Å². The second-order valence-electron chi connectivity index (χ2n) is 5.91. The average Bonchev–Trinajstić information content (AvgIpc) is 2.65. The maximum Gasteiger partial charge on any atom is 0.227 e. The highest BCUT2D eigenvalue weighted by atomic mass is 16.6. The van der Waals surface area contributed by atoms with Crippen LogP contribution in [0.3, 0.4) is 0 Å². The van der Waals surface area contributed by atoms with E-state index in [1.165, 1.54) is 0 Å². The fourth-order valence-corrected chi connectivity index (χ4v) is 3.00. The standard InChI is InChI=1S/C20H23NO3/c1-2-7-17(15-8-4-3-5-9-15)20(22)21-14-16-10-6-11-18-19(16)24-13-12-23-18/h3-6,8-11,17H,2,7,12-14H2,1H3,(H,21,22). The molecule has 1 unspecified atom stereocenters. The summed E-state index contributed by atoms with van der Waals surface area (Å²) in [6.45, 7) is 3.65. The van der Waals surface area contributed by atoms with Gasteiger partial charge in [0.15, 0.2) is 11.5 Å². The summed E-state index contributed by atoms with van der Waals surface area (Å²) in [7, 11) is 0. The van der Waals surface area contributed by atoms with Crippen molar-refractivity contribution >= 4 is 5.91 Å². The van der Waals surface area contributed by atoms with E-state index >= 15 is 0 Å². The maximum absolute atomic E-state index is 12.7. The number of benzene rings is 2. The molecule has 2 aromatic carbocycles. The predicted octanol–water partition coefficient (Wildman–Crippen LogP) is 3.66. The average molecular weight is 325 g/mol. The molecule has 4 nitrogen and oxygen atoms in total. The van der Waals surface area contributed by atoms with Gasteiger partial charge in [0, 0.05) is 12.1 Å². The van der Waals surface area contributed by atoms with Crippen molar-refractivity contribution in [3.8, 4) is 11.5 Å². The molecule has 1 atom stereocenters. The molecule has 0 aliphatic carbocycles. The number of carbonyl (C=O) groups excluding carboxylic acids is 1. The van der Waals surface area contributed by atoms with Crippen LogP contribution in [0.5, 0.6) is 11.5 Å². The third kappa shape index (κ3) is 3.70. The van der Waals surface area contributed by atoms with Crippen molar-refractivity contribution < 1.29 is 14.3 Å². The van der Waals surface area contributed by atoms with E-state index in [0.717, 1.165) is 35.5 Å². The second-order valence-corrected chi connectivity index (χ2v) is 5.91. The van der Waals surface area contributed by atoms with Crippen LogP contribution in [0, 0.1) is 0 Å². The predicted molar refractivity (Wildman–Crippen MR) is 93.4 cm³/mol. The zero-order valence-corrected chi connectivity index (χ0v) is 14.0. The summed E-state index contributed by atoms with van der Waals surface area (Å²) in [5.41, 5.74) is 2.01. The zero-order chi connectivity index (χ0) is 16.8. The first-order valence-corrected chi connectivity index (χ1v) is 8.49. The topological polar surface area (TPSA) is 47.6 Å². The first-order chi connectivity index (χ1) is 11.8. The maximum atomic E-state index is 12.7. The molecule has 0 radical (unpaired) electrons. The Bertz CT molecular complexity index is 685. The van der Waals surface area contributed by atoms with E-state index in [0.29, 0.717) is 19.8 Å². The molecule has 0 saturated carbocycles. The summed E-state index contributed by atoms with van der Waals surface area (Å²) in [5.74, 6) is 1.43. The highest BCUT2D eigenvalue weighted by Gasteiger charge is 2.21. The highest BCUT2D eigenvalue weighted by molar-refractivity contribution is 5.83. The van der Waals surface area contributed by atoms with Gasteiger partial charge < -0.3 is 14.8 Å². The molecule has 24 heavy (non-hydrogen) atoms. The molecule has 2 aromatic rings. The van der Waals surface area contributed by atoms with Crippen LogP contribution in [0.2, 0.25) is 0 Å². The third-order valence-corrected chi connectivity index (χ3v) is 4.20. The van der Waals surface area contributed by atoms with Crippen molar-refractivity contribution in [1.29, 1.82) is 0 Å². The van der Waals surface area contributed by atoms with Crippen LogP contribution in [0.4, 0.5) is 0 Å². The van der Waals surface area contributed by atoms with Gasteiger partial charge in [-0.1, -0.05) is 55.8 Å². The van der Waals surface area contributed by atoms with Gasteiger partial charge in [-0.25, -0.2) is 0 Å². The van der Waals surface area contributed by atoms with E-state index < -0.39 is 0 Å². The van der Waals surface area contributed by atoms with Gasteiger partial charge in [-0.2, -0.15) is 0 Å². The Morgan fingerprint density at radius 2 is 1.88 bits per heavy atom. The number of nitrogens with one attached hydrogen (secondary N) is 1. The van der Waals surface area contributed by atoms with Gasteiger partial charge in [-0.15, -0.1) is 0 Å². The summed E-state index contributed by atoms with van der Waals surface area (Å²) in [5, 5.41) is 3.06. The molecule has 1 amide bonds. The SMILES string of the molecule is CCCC(C(=O)NCc1cccc2c1OCCO2)c1ccccc1. The molecule has 1 heterocycles. The van der Waals surface area contributed by atoms with Crippen molar-refractivity contribution in [2.45, 2.75) is 32.2 Å². The second kappa shape index (κ2) is 7.86. The number of hydrogen-bond acceptors (Lipinski definition) is 3. The number of fused-ring (bicyclic) bond motifs is 1. The van der Waals surface area contributed by atoms with Crippen LogP contribution in [0.25, 0.3) is 0 Å². The summed E-state index contributed by atoms with van der Waals surface area (Å²) < 4.78 is 11.3. The van der Waals surface area contributed by atoms with Gasteiger partial charge in [0.25, 0.3) is 0 Å². The molecule has 1 aliphatic rings. The van der Waals surface area contributed by atoms with Crippen LogP contribution < -0.4 is 14.8 Å². The fraction of sp³-hybridized carbons (Fsp3) is 0.350. The minimum Gasteiger partial charge on any atom is -0.486 e. The van der Waals surface area contributed by atoms with E-state index in [2.05, 4.69) is 12.2 Å². The molecule has 1 aliphatic heterocycles. The number of para-hydroxylation sites is 1. The third-order valence-electron chi connectivity index (χ3n) is 4.20. The van der Waals surface area contributed by atoms with Crippen molar-refractivity contribution in [2.75, 3.05) is 13.2 Å². The van der Waals surface area contributed by atoms with Crippen LogP contribution in [-0.4, -0.2) is 19.1 Å². The monoisotopic (exact) mass is 325 g/mol. The molecule has 0 bridgehead atoms. The summed E-state index contributed by atoms with van der Waals surface area (Å²) >= 11 is 0. The Hall–Kier alpha value is -2.49. The van der Waals surface area contributed by atoms with Gasteiger partial charge in [0.2, 0.25) is 5.91 Å². The Labute approximate surface area is 142 Å². The number of ether oxygens (including phenoxy) is 2. The molecule has 0 aromatic heterocycles. The molecule has 0 spiro atoms. The summed E-state index contributed by atoms with van der Waals surface area (Å²) in [6.07, 6.45) is 1.80. The molecule has 126 valence electrons. The van der Waals surface area contributed by atoms with E-state index in [1.807, 2.05) is 48.5 Å². The molecule has 0 fully saturated rings. The number of amides is 1. The Balaban J connectivity index is 1.70. The van der Waals surface area contributed by atoms with Crippen molar-refractivity contribution in [1.82, 2.24) is 5.32 Å². The largest absolute Gasteiger partial charge is 0.486 e. The molecule has 3 rings (SSSR count). The number of carbonyl (C=O) groups is 1. The molecule has 4 heteroatoms. The summed E-state index contributed by atoms with van der Waals surface area (Å²) in [6, 6.07) is 15.7.